The quantitative estimate of drug-likeness (QED) is 0.649. The molecule has 1 aromatic carbocycles. The van der Waals surface area contributed by atoms with Crippen molar-refractivity contribution >= 4 is 29.3 Å². The molecule has 0 saturated heterocycles. The predicted octanol–water partition coefficient (Wildman–Crippen LogP) is 1.55. The molecule has 0 spiro atoms. The van der Waals surface area contributed by atoms with Gasteiger partial charge < -0.3 is 15.1 Å². The number of hydrogen-bond donors (Lipinski definition) is 2. The van der Waals surface area contributed by atoms with Crippen molar-refractivity contribution in [2.24, 2.45) is 0 Å². The maximum atomic E-state index is 11.9. The molecule has 20 heavy (non-hydrogen) atoms. The summed E-state index contributed by atoms with van der Waals surface area (Å²) in [5, 5.41) is 6.42. The smallest absolute Gasteiger partial charge is 0.349 e. The van der Waals surface area contributed by atoms with Gasteiger partial charge in [-0.3, -0.25) is 4.79 Å². The van der Waals surface area contributed by atoms with Gasteiger partial charge in [0.1, 0.15) is 11.1 Å². The van der Waals surface area contributed by atoms with Crippen LogP contribution in [-0.2, 0) is 0 Å². The van der Waals surface area contributed by atoms with Crippen LogP contribution in [0.2, 0.25) is 0 Å². The Morgan fingerprint density at radius 2 is 2.00 bits per heavy atom. The van der Waals surface area contributed by atoms with Gasteiger partial charge in [-0.15, -0.1) is 12.4 Å². The fourth-order valence-corrected chi connectivity index (χ4v) is 1.78. The van der Waals surface area contributed by atoms with Crippen LogP contribution in [0.1, 0.15) is 16.8 Å². The Balaban J connectivity index is 0.00000200. The number of hydrogen-bond acceptors (Lipinski definition) is 4. The molecular weight excluding hydrogens is 280 g/mol. The molecule has 108 valence electrons. The Kier molecular flexibility index (Phi) is 6.21. The molecule has 5 nitrogen and oxygen atoms in total. The van der Waals surface area contributed by atoms with E-state index in [9.17, 15) is 9.59 Å². The minimum absolute atomic E-state index is 0. The van der Waals surface area contributed by atoms with E-state index in [1.165, 1.54) is 0 Å². The number of carbonyl (C=O) groups excluding carboxylic acids is 1. The summed E-state index contributed by atoms with van der Waals surface area (Å²) in [6.07, 6.45) is 0.807. The summed E-state index contributed by atoms with van der Waals surface area (Å²) < 4.78 is 5.11. The number of para-hydroxylation sites is 1. The molecule has 2 aromatic rings. The highest BCUT2D eigenvalue weighted by Gasteiger charge is 2.12. The maximum Gasteiger partial charge on any atom is 0.349 e. The van der Waals surface area contributed by atoms with E-state index in [1.54, 1.807) is 24.3 Å². The van der Waals surface area contributed by atoms with Gasteiger partial charge >= 0.3 is 5.63 Å². The van der Waals surface area contributed by atoms with Crippen molar-refractivity contribution in [3.05, 3.63) is 46.3 Å². The van der Waals surface area contributed by atoms with Crippen LogP contribution < -0.4 is 16.3 Å². The zero-order valence-electron chi connectivity index (χ0n) is 11.1. The molecule has 0 aliphatic carbocycles. The second kappa shape index (κ2) is 7.67. The molecule has 0 bridgehead atoms. The van der Waals surface area contributed by atoms with Crippen LogP contribution in [-0.4, -0.2) is 26.0 Å². The number of fused-ring (bicyclic) bond motifs is 1. The third-order valence-electron chi connectivity index (χ3n) is 2.78. The van der Waals surface area contributed by atoms with E-state index in [0.717, 1.165) is 18.4 Å². The van der Waals surface area contributed by atoms with Gasteiger partial charge in [0.25, 0.3) is 5.91 Å². The van der Waals surface area contributed by atoms with Crippen molar-refractivity contribution in [3.8, 4) is 0 Å². The normalized spacial score (nSPS) is 10.1. The highest BCUT2D eigenvalue weighted by molar-refractivity contribution is 5.96. The van der Waals surface area contributed by atoms with E-state index in [-0.39, 0.29) is 18.0 Å². The molecule has 0 radical (unpaired) electrons. The van der Waals surface area contributed by atoms with Gasteiger partial charge in [0.15, 0.2) is 0 Å². The number of nitrogens with one attached hydrogen (secondary N) is 2. The van der Waals surface area contributed by atoms with Gasteiger partial charge in [-0.05, 0) is 32.1 Å². The molecule has 1 aromatic heterocycles. The first kappa shape index (κ1) is 16.2. The summed E-state index contributed by atoms with van der Waals surface area (Å²) >= 11 is 0. The van der Waals surface area contributed by atoms with Gasteiger partial charge in [0.2, 0.25) is 0 Å². The van der Waals surface area contributed by atoms with Crippen molar-refractivity contribution in [1.29, 1.82) is 0 Å². The summed E-state index contributed by atoms with van der Waals surface area (Å²) in [6, 6.07) is 8.68. The molecule has 2 rings (SSSR count). The van der Waals surface area contributed by atoms with Crippen LogP contribution in [0.15, 0.2) is 39.5 Å². The molecule has 0 atom stereocenters. The Hall–Kier alpha value is -1.85. The minimum Gasteiger partial charge on any atom is -0.422 e. The highest BCUT2D eigenvalue weighted by Crippen LogP contribution is 2.12. The van der Waals surface area contributed by atoms with E-state index in [4.69, 9.17) is 4.42 Å². The van der Waals surface area contributed by atoms with Crippen molar-refractivity contribution in [3.63, 3.8) is 0 Å². The summed E-state index contributed by atoms with van der Waals surface area (Å²) in [5.41, 5.74) is -0.0767. The van der Waals surface area contributed by atoms with Crippen LogP contribution in [0, 0.1) is 0 Å². The topological polar surface area (TPSA) is 71.3 Å². The van der Waals surface area contributed by atoms with Crippen LogP contribution >= 0.6 is 12.4 Å². The van der Waals surface area contributed by atoms with Gasteiger partial charge in [0.05, 0.1) is 0 Å². The molecule has 0 saturated carbocycles. The molecule has 1 heterocycles. The first-order valence-corrected chi connectivity index (χ1v) is 6.18. The van der Waals surface area contributed by atoms with Crippen LogP contribution in [0.4, 0.5) is 0 Å². The van der Waals surface area contributed by atoms with Crippen molar-refractivity contribution in [1.82, 2.24) is 10.6 Å². The zero-order chi connectivity index (χ0) is 13.7. The fourth-order valence-electron chi connectivity index (χ4n) is 1.78. The first-order valence-electron chi connectivity index (χ1n) is 6.18. The van der Waals surface area contributed by atoms with E-state index >= 15 is 0 Å². The molecule has 1 amide bonds. The lowest BCUT2D eigenvalue weighted by atomic mass is 10.2. The number of amides is 1. The minimum atomic E-state index is -0.607. The highest BCUT2D eigenvalue weighted by atomic mass is 35.5. The van der Waals surface area contributed by atoms with Crippen molar-refractivity contribution in [2.45, 2.75) is 6.42 Å². The predicted molar refractivity (Wildman–Crippen MR) is 80.6 cm³/mol. The standard InChI is InChI=1S/C14H16N2O3.ClH/c1-15-7-4-8-16-13(17)11-9-10-5-2-3-6-12(10)19-14(11)18;/h2-3,5-6,9,15H,4,7-8H2,1H3,(H,16,17);1H. The van der Waals surface area contributed by atoms with Crippen molar-refractivity contribution in [2.75, 3.05) is 20.1 Å². The molecule has 2 N–H and O–H groups in total. The molecule has 0 aliphatic rings. The average Bonchev–Trinajstić information content (AvgIpc) is 2.42. The monoisotopic (exact) mass is 296 g/mol. The van der Waals surface area contributed by atoms with Gasteiger partial charge in [-0.2, -0.15) is 0 Å². The van der Waals surface area contributed by atoms with Crippen molar-refractivity contribution < 1.29 is 9.21 Å². The largest absolute Gasteiger partial charge is 0.422 e. The molecular formula is C14H17ClN2O3. The van der Waals surface area contributed by atoms with Crippen LogP contribution in [0.3, 0.4) is 0 Å². The van der Waals surface area contributed by atoms with Crippen LogP contribution in [0.25, 0.3) is 11.0 Å². The molecule has 6 heteroatoms. The van der Waals surface area contributed by atoms with Gasteiger partial charge in [-0.1, -0.05) is 18.2 Å². The SMILES string of the molecule is CNCCCNC(=O)c1cc2ccccc2oc1=O.Cl. The third kappa shape index (κ3) is 3.82. The zero-order valence-corrected chi connectivity index (χ0v) is 12.0. The van der Waals surface area contributed by atoms with E-state index < -0.39 is 11.5 Å². The fraction of sp³-hybridized carbons (Fsp3) is 0.286. The van der Waals surface area contributed by atoms with E-state index in [2.05, 4.69) is 10.6 Å². The lowest BCUT2D eigenvalue weighted by Crippen LogP contribution is -2.30. The maximum absolute atomic E-state index is 11.9. The molecule has 0 aliphatic heterocycles. The number of carbonyl (C=O) groups is 1. The summed E-state index contributed by atoms with van der Waals surface area (Å²) in [4.78, 5) is 23.6. The summed E-state index contributed by atoms with van der Waals surface area (Å²) in [7, 11) is 1.85. The van der Waals surface area contributed by atoms with Crippen LogP contribution in [0.5, 0.6) is 0 Å². The molecule has 0 unspecified atom stereocenters. The number of halogens is 1. The Bertz CT molecular complexity index is 640. The summed E-state index contributed by atoms with van der Waals surface area (Å²) in [5.74, 6) is -0.393. The van der Waals surface area contributed by atoms with E-state index in [1.807, 2.05) is 13.1 Å². The summed E-state index contributed by atoms with van der Waals surface area (Å²) in [6.45, 7) is 1.33. The average molecular weight is 297 g/mol. The Labute approximate surface area is 122 Å². The number of rotatable bonds is 5. The van der Waals surface area contributed by atoms with E-state index in [0.29, 0.717) is 12.1 Å². The second-order valence-electron chi connectivity index (χ2n) is 4.20. The van der Waals surface area contributed by atoms with Gasteiger partial charge in [0, 0.05) is 11.9 Å². The second-order valence-corrected chi connectivity index (χ2v) is 4.20. The third-order valence-corrected chi connectivity index (χ3v) is 2.78. The van der Waals surface area contributed by atoms with Gasteiger partial charge in [-0.25, -0.2) is 4.79 Å². The first-order chi connectivity index (χ1) is 9.22. The number of benzene rings is 1. The lowest BCUT2D eigenvalue weighted by molar-refractivity contribution is 0.0950. The molecule has 0 fully saturated rings. The Morgan fingerprint density at radius 1 is 1.25 bits per heavy atom. The Morgan fingerprint density at radius 3 is 2.75 bits per heavy atom. The lowest BCUT2D eigenvalue weighted by Gasteiger charge is -2.04.